The number of carbonyl (C=O) groups excluding carboxylic acids is 1. The van der Waals surface area contributed by atoms with Crippen LogP contribution < -0.4 is 10.1 Å². The van der Waals surface area contributed by atoms with Gasteiger partial charge in [0.15, 0.2) is 10.8 Å². The van der Waals surface area contributed by atoms with Crippen molar-refractivity contribution < 1.29 is 14.1 Å². The molecule has 1 N–H and O–H groups in total. The molecule has 160 valence electrons. The van der Waals surface area contributed by atoms with E-state index in [-0.39, 0.29) is 12.3 Å². The average Bonchev–Trinajstić information content (AvgIpc) is 3.46. The van der Waals surface area contributed by atoms with Gasteiger partial charge in [-0.15, -0.1) is 11.3 Å². The number of halogens is 1. The van der Waals surface area contributed by atoms with Crippen molar-refractivity contribution in [2.24, 2.45) is 0 Å². The molecule has 0 aliphatic heterocycles. The smallest absolute Gasteiger partial charge is 0.280 e. The summed E-state index contributed by atoms with van der Waals surface area (Å²) in [6.45, 7) is 6.56. The number of thiazole rings is 1. The number of aromatic nitrogens is 4. The number of para-hydroxylation sites is 1. The fraction of sp³-hybridized carbons (Fsp3) is 0.238. The summed E-state index contributed by atoms with van der Waals surface area (Å²) in [5, 5.41) is 14.0. The predicted octanol–water partition coefficient (Wildman–Crippen LogP) is 5.12. The third-order valence-electron chi connectivity index (χ3n) is 4.68. The predicted molar refractivity (Wildman–Crippen MR) is 119 cm³/mol. The van der Waals surface area contributed by atoms with Gasteiger partial charge in [0.2, 0.25) is 0 Å². The molecule has 0 atom stereocenters. The van der Waals surface area contributed by atoms with Crippen molar-refractivity contribution in [1.29, 1.82) is 0 Å². The lowest BCUT2D eigenvalue weighted by molar-refractivity contribution is 0.101. The molecule has 0 spiro atoms. The van der Waals surface area contributed by atoms with Crippen LogP contribution in [0.25, 0.3) is 11.3 Å². The zero-order chi connectivity index (χ0) is 22.0. The largest absolute Gasteiger partial charge is 0.487 e. The van der Waals surface area contributed by atoms with Crippen LogP contribution in [0.5, 0.6) is 5.75 Å². The molecule has 8 nitrogen and oxygen atoms in total. The van der Waals surface area contributed by atoms with E-state index in [4.69, 9.17) is 20.9 Å². The van der Waals surface area contributed by atoms with Gasteiger partial charge in [0, 0.05) is 23.7 Å². The van der Waals surface area contributed by atoms with E-state index in [0.717, 1.165) is 23.5 Å². The van der Waals surface area contributed by atoms with Crippen LogP contribution in [0.1, 0.15) is 34.4 Å². The highest BCUT2D eigenvalue weighted by atomic mass is 35.5. The second kappa shape index (κ2) is 8.91. The molecule has 10 heteroatoms. The van der Waals surface area contributed by atoms with E-state index in [2.05, 4.69) is 20.6 Å². The van der Waals surface area contributed by atoms with Crippen molar-refractivity contribution in [3.8, 4) is 17.0 Å². The highest BCUT2D eigenvalue weighted by Gasteiger charge is 2.22. The number of hydrogen-bond acceptors (Lipinski definition) is 7. The van der Waals surface area contributed by atoms with Crippen molar-refractivity contribution in [2.45, 2.75) is 33.9 Å². The first-order valence-electron chi connectivity index (χ1n) is 9.60. The Kier molecular flexibility index (Phi) is 6.06. The maximum atomic E-state index is 12.8. The zero-order valence-electron chi connectivity index (χ0n) is 17.2. The first-order valence-corrected chi connectivity index (χ1v) is 10.9. The third-order valence-corrected chi connectivity index (χ3v) is 5.75. The first kappa shape index (κ1) is 21.1. The van der Waals surface area contributed by atoms with E-state index in [9.17, 15) is 4.79 Å². The van der Waals surface area contributed by atoms with Crippen molar-refractivity contribution >= 4 is 34.0 Å². The highest BCUT2D eigenvalue weighted by Crippen LogP contribution is 2.28. The van der Waals surface area contributed by atoms with Gasteiger partial charge in [0.1, 0.15) is 18.1 Å². The summed E-state index contributed by atoms with van der Waals surface area (Å²) in [7, 11) is 0. The number of hydrogen-bond donors (Lipinski definition) is 1. The third kappa shape index (κ3) is 4.47. The van der Waals surface area contributed by atoms with Crippen molar-refractivity contribution in [3.63, 3.8) is 0 Å². The number of rotatable bonds is 7. The van der Waals surface area contributed by atoms with Crippen LogP contribution in [0.2, 0.25) is 5.02 Å². The SMILES string of the molecule is CCn1cc(-c2csc(NC(=O)c3noc(C)c3COc3ccccc3Cl)n2)c(C)n1. The quantitative estimate of drug-likeness (QED) is 0.414. The fourth-order valence-corrected chi connectivity index (χ4v) is 3.89. The van der Waals surface area contributed by atoms with Crippen molar-refractivity contribution in [1.82, 2.24) is 19.9 Å². The molecule has 0 fully saturated rings. The minimum atomic E-state index is -0.420. The van der Waals surface area contributed by atoms with Crippen LogP contribution in [0, 0.1) is 13.8 Å². The summed E-state index contributed by atoms with van der Waals surface area (Å²) in [6, 6.07) is 7.12. The van der Waals surface area contributed by atoms with Gasteiger partial charge in [-0.2, -0.15) is 5.10 Å². The molecule has 0 saturated heterocycles. The Morgan fingerprint density at radius 3 is 2.87 bits per heavy atom. The minimum absolute atomic E-state index is 0.0976. The lowest BCUT2D eigenvalue weighted by Crippen LogP contribution is -2.15. The summed E-state index contributed by atoms with van der Waals surface area (Å²) in [5.74, 6) is 0.597. The molecule has 31 heavy (non-hydrogen) atoms. The minimum Gasteiger partial charge on any atom is -0.487 e. The van der Waals surface area contributed by atoms with Crippen LogP contribution >= 0.6 is 22.9 Å². The lowest BCUT2D eigenvalue weighted by atomic mass is 10.2. The topological polar surface area (TPSA) is 95.1 Å². The molecule has 0 unspecified atom stereocenters. The van der Waals surface area contributed by atoms with Crippen molar-refractivity contribution in [2.75, 3.05) is 5.32 Å². The number of benzene rings is 1. The normalized spacial score (nSPS) is 11.0. The molecule has 0 aliphatic carbocycles. The van der Waals surface area contributed by atoms with Gasteiger partial charge in [0.25, 0.3) is 5.91 Å². The molecule has 0 saturated carbocycles. The monoisotopic (exact) mass is 457 g/mol. The van der Waals surface area contributed by atoms with Gasteiger partial charge in [-0.05, 0) is 32.9 Å². The van der Waals surface area contributed by atoms with Crippen LogP contribution in [-0.4, -0.2) is 25.8 Å². The molecular formula is C21H20ClN5O3S. The van der Waals surface area contributed by atoms with E-state index in [0.29, 0.717) is 27.2 Å². The summed E-state index contributed by atoms with van der Waals surface area (Å²) >= 11 is 7.46. The fourth-order valence-electron chi connectivity index (χ4n) is 2.99. The van der Waals surface area contributed by atoms with Crippen LogP contribution in [0.3, 0.4) is 0 Å². The number of aryl methyl sites for hydroxylation is 3. The number of nitrogens with zero attached hydrogens (tertiary/aromatic N) is 4. The Morgan fingerprint density at radius 1 is 1.32 bits per heavy atom. The highest BCUT2D eigenvalue weighted by molar-refractivity contribution is 7.14. The summed E-state index contributed by atoms with van der Waals surface area (Å²) in [6.07, 6.45) is 1.95. The number of amides is 1. The zero-order valence-corrected chi connectivity index (χ0v) is 18.8. The average molecular weight is 458 g/mol. The Bertz CT molecular complexity index is 1230. The second-order valence-corrected chi connectivity index (χ2v) is 8.03. The van der Waals surface area contributed by atoms with Crippen molar-refractivity contribution in [3.05, 3.63) is 63.6 Å². The molecule has 1 amide bonds. The van der Waals surface area contributed by atoms with E-state index < -0.39 is 5.91 Å². The van der Waals surface area contributed by atoms with Gasteiger partial charge < -0.3 is 9.26 Å². The maximum absolute atomic E-state index is 12.8. The van der Waals surface area contributed by atoms with Gasteiger partial charge in [-0.3, -0.25) is 14.8 Å². The number of ether oxygens (including phenoxy) is 1. The molecule has 0 bridgehead atoms. The summed E-state index contributed by atoms with van der Waals surface area (Å²) in [4.78, 5) is 17.3. The number of anilines is 1. The Labute approximate surface area is 187 Å². The second-order valence-electron chi connectivity index (χ2n) is 6.76. The van der Waals surface area contributed by atoms with E-state index in [1.807, 2.05) is 42.2 Å². The van der Waals surface area contributed by atoms with Gasteiger partial charge in [0.05, 0.1) is 22.0 Å². The van der Waals surface area contributed by atoms with E-state index in [1.165, 1.54) is 11.3 Å². The molecule has 3 heterocycles. The Hall–Kier alpha value is -3.17. The molecule has 0 radical (unpaired) electrons. The molecular weight excluding hydrogens is 438 g/mol. The lowest BCUT2D eigenvalue weighted by Gasteiger charge is -2.08. The van der Waals surface area contributed by atoms with E-state index in [1.54, 1.807) is 19.1 Å². The van der Waals surface area contributed by atoms with Crippen LogP contribution in [0.4, 0.5) is 5.13 Å². The van der Waals surface area contributed by atoms with E-state index >= 15 is 0 Å². The summed E-state index contributed by atoms with van der Waals surface area (Å²) < 4.78 is 12.8. The number of nitrogens with one attached hydrogen (secondary N) is 1. The Balaban J connectivity index is 1.49. The molecule has 0 aliphatic rings. The van der Waals surface area contributed by atoms with Gasteiger partial charge >= 0.3 is 0 Å². The first-order chi connectivity index (χ1) is 15.0. The Morgan fingerprint density at radius 2 is 2.13 bits per heavy atom. The molecule has 1 aromatic carbocycles. The molecule has 4 aromatic rings. The van der Waals surface area contributed by atoms with Gasteiger partial charge in [-0.25, -0.2) is 4.98 Å². The summed E-state index contributed by atoms with van der Waals surface area (Å²) in [5.41, 5.74) is 3.28. The van der Waals surface area contributed by atoms with Gasteiger partial charge in [-0.1, -0.05) is 28.9 Å². The number of carbonyl (C=O) groups is 1. The molecule has 4 rings (SSSR count). The standard InChI is InChI=1S/C21H20ClN5O3S/c1-4-27-9-14(12(2)25-27)17-11-31-21(23-17)24-20(28)19-15(13(3)30-26-19)10-29-18-8-6-5-7-16(18)22/h5-9,11H,4,10H2,1-3H3,(H,23,24,28). The van der Waals surface area contributed by atoms with Crippen LogP contribution in [-0.2, 0) is 13.2 Å². The van der Waals surface area contributed by atoms with Crippen LogP contribution in [0.15, 0.2) is 40.4 Å². The molecule has 3 aromatic heterocycles. The maximum Gasteiger partial charge on any atom is 0.280 e.